The van der Waals surface area contributed by atoms with Crippen LogP contribution in [0.3, 0.4) is 0 Å². The van der Waals surface area contributed by atoms with Gasteiger partial charge in [-0.2, -0.15) is 0 Å². The first-order valence-electron chi connectivity index (χ1n) is 12.8. The molecular weight excluding hydrogens is 454 g/mol. The third kappa shape index (κ3) is 4.58. The minimum Gasteiger partial charge on any atom is -0.493 e. The molecular formula is C30H33NO5. The minimum absolute atomic E-state index is 0.136. The van der Waals surface area contributed by atoms with Gasteiger partial charge in [0.2, 0.25) is 0 Å². The van der Waals surface area contributed by atoms with Crippen molar-refractivity contribution in [2.75, 3.05) is 27.4 Å². The Labute approximate surface area is 212 Å². The molecule has 0 aromatic heterocycles. The van der Waals surface area contributed by atoms with E-state index in [9.17, 15) is 9.59 Å². The van der Waals surface area contributed by atoms with Gasteiger partial charge in [-0.3, -0.25) is 9.59 Å². The summed E-state index contributed by atoms with van der Waals surface area (Å²) in [6.45, 7) is 1.62. The molecule has 2 aliphatic carbocycles. The second kappa shape index (κ2) is 10.7. The van der Waals surface area contributed by atoms with Crippen LogP contribution in [0.4, 0.5) is 0 Å². The monoisotopic (exact) mass is 487 g/mol. The van der Waals surface area contributed by atoms with Crippen LogP contribution >= 0.6 is 0 Å². The number of ether oxygens (including phenoxy) is 3. The van der Waals surface area contributed by atoms with Gasteiger partial charge in [-0.1, -0.05) is 36.4 Å². The summed E-state index contributed by atoms with van der Waals surface area (Å²) in [6.07, 6.45) is 4.36. The third-order valence-electron chi connectivity index (χ3n) is 7.36. The highest BCUT2D eigenvalue weighted by molar-refractivity contribution is 6.06. The standard InChI is InChI=1S/C30H33NO5/c1-34-17-16-31-22-10-6-12-24(32)29(22)28(30-23(31)11-7-13-25(30)33)21-14-15-26(27(18-21)35-2)36-19-20-8-4-3-5-9-20/h3-5,8-9,14-15,18,28H,6-7,10-13,16-17,19H2,1-2H3. The van der Waals surface area contributed by atoms with Gasteiger partial charge in [0.25, 0.3) is 0 Å². The lowest BCUT2D eigenvalue weighted by molar-refractivity contribution is -0.117. The molecule has 0 spiro atoms. The molecule has 0 bridgehead atoms. The van der Waals surface area contributed by atoms with Gasteiger partial charge in [0.1, 0.15) is 6.61 Å². The number of rotatable bonds is 8. The molecule has 3 aliphatic rings. The first-order chi connectivity index (χ1) is 17.6. The van der Waals surface area contributed by atoms with E-state index in [1.807, 2.05) is 48.5 Å². The summed E-state index contributed by atoms with van der Waals surface area (Å²) in [5.74, 6) is 1.14. The lowest BCUT2D eigenvalue weighted by Crippen LogP contribution is -2.40. The highest BCUT2D eigenvalue weighted by atomic mass is 16.5. The van der Waals surface area contributed by atoms with Gasteiger partial charge in [0.05, 0.1) is 13.7 Å². The molecule has 0 N–H and O–H groups in total. The van der Waals surface area contributed by atoms with Crippen molar-refractivity contribution in [1.82, 2.24) is 4.90 Å². The average molecular weight is 488 g/mol. The van der Waals surface area contributed by atoms with Gasteiger partial charge in [0, 0.05) is 55.0 Å². The molecule has 6 nitrogen and oxygen atoms in total. The highest BCUT2D eigenvalue weighted by Gasteiger charge is 2.43. The topological polar surface area (TPSA) is 65.1 Å². The Bertz CT molecular complexity index is 1170. The SMILES string of the molecule is COCCN1C2=C(C(=O)CCC2)C(c2ccc(OCc3ccccc3)c(OC)c2)C2=C1CCCC2=O. The van der Waals surface area contributed by atoms with Gasteiger partial charge in [0.15, 0.2) is 23.1 Å². The number of hydrogen-bond acceptors (Lipinski definition) is 6. The summed E-state index contributed by atoms with van der Waals surface area (Å²) in [6, 6.07) is 15.8. The van der Waals surface area contributed by atoms with E-state index < -0.39 is 0 Å². The first kappa shape index (κ1) is 24.3. The molecule has 5 rings (SSSR count). The van der Waals surface area contributed by atoms with E-state index >= 15 is 0 Å². The number of methoxy groups -OCH3 is 2. The lowest BCUT2D eigenvalue weighted by Gasteiger charge is -2.44. The summed E-state index contributed by atoms with van der Waals surface area (Å²) >= 11 is 0. The third-order valence-corrected chi connectivity index (χ3v) is 7.36. The maximum Gasteiger partial charge on any atom is 0.161 e. The molecule has 0 saturated carbocycles. The second-order valence-electron chi connectivity index (χ2n) is 9.54. The Balaban J connectivity index is 1.56. The van der Waals surface area contributed by atoms with Crippen LogP contribution in [0.5, 0.6) is 11.5 Å². The van der Waals surface area contributed by atoms with Crippen LogP contribution in [0.15, 0.2) is 71.1 Å². The van der Waals surface area contributed by atoms with Crippen molar-refractivity contribution < 1.29 is 23.8 Å². The number of carbonyl (C=O) groups is 2. The Morgan fingerprint density at radius 3 is 2.11 bits per heavy atom. The van der Waals surface area contributed by atoms with Crippen molar-refractivity contribution in [1.29, 1.82) is 0 Å². The molecule has 0 radical (unpaired) electrons. The maximum atomic E-state index is 13.4. The summed E-state index contributed by atoms with van der Waals surface area (Å²) in [7, 11) is 3.30. The molecule has 1 heterocycles. The fraction of sp³-hybridized carbons (Fsp3) is 0.400. The molecule has 1 aliphatic heterocycles. The van der Waals surface area contributed by atoms with E-state index in [2.05, 4.69) is 4.90 Å². The average Bonchev–Trinajstić information content (AvgIpc) is 2.91. The predicted molar refractivity (Wildman–Crippen MR) is 137 cm³/mol. The summed E-state index contributed by atoms with van der Waals surface area (Å²) in [5.41, 5.74) is 5.63. The number of ketones is 2. The predicted octanol–water partition coefficient (Wildman–Crippen LogP) is 5.33. The maximum absolute atomic E-state index is 13.4. The summed E-state index contributed by atoms with van der Waals surface area (Å²) in [4.78, 5) is 29.0. The number of nitrogens with zero attached hydrogens (tertiary/aromatic N) is 1. The van der Waals surface area contributed by atoms with Crippen LogP contribution in [0, 0.1) is 0 Å². The normalized spacial score (nSPS) is 18.3. The van der Waals surface area contributed by atoms with Crippen LogP contribution in [0.2, 0.25) is 0 Å². The quantitative estimate of drug-likeness (QED) is 0.501. The van der Waals surface area contributed by atoms with E-state index in [0.29, 0.717) is 44.1 Å². The Hall–Kier alpha value is -3.38. The molecule has 0 fully saturated rings. The molecule has 0 atom stereocenters. The van der Waals surface area contributed by atoms with Crippen molar-refractivity contribution in [3.63, 3.8) is 0 Å². The number of hydrogen-bond donors (Lipinski definition) is 0. The lowest BCUT2D eigenvalue weighted by atomic mass is 9.71. The van der Waals surface area contributed by atoms with E-state index in [-0.39, 0.29) is 17.5 Å². The van der Waals surface area contributed by atoms with Gasteiger partial charge < -0.3 is 19.1 Å². The van der Waals surface area contributed by atoms with Crippen molar-refractivity contribution in [2.45, 2.75) is 51.0 Å². The zero-order valence-corrected chi connectivity index (χ0v) is 21.0. The van der Waals surface area contributed by atoms with E-state index in [0.717, 1.165) is 59.4 Å². The fourth-order valence-corrected chi connectivity index (χ4v) is 5.72. The summed E-state index contributed by atoms with van der Waals surface area (Å²) < 4.78 is 17.2. The van der Waals surface area contributed by atoms with Crippen molar-refractivity contribution in [2.24, 2.45) is 0 Å². The van der Waals surface area contributed by atoms with Crippen LogP contribution in [0.25, 0.3) is 0 Å². The molecule has 6 heteroatoms. The molecule has 2 aromatic carbocycles. The molecule has 0 amide bonds. The first-order valence-corrected chi connectivity index (χ1v) is 12.8. The number of allylic oxidation sites excluding steroid dienone is 4. The van der Waals surface area contributed by atoms with Gasteiger partial charge in [-0.05, 0) is 48.9 Å². The molecule has 188 valence electrons. The van der Waals surface area contributed by atoms with E-state index in [1.54, 1.807) is 14.2 Å². The van der Waals surface area contributed by atoms with Gasteiger partial charge in [-0.15, -0.1) is 0 Å². The van der Waals surface area contributed by atoms with Crippen LogP contribution in [0.1, 0.15) is 55.6 Å². The fourth-order valence-electron chi connectivity index (χ4n) is 5.72. The summed E-state index contributed by atoms with van der Waals surface area (Å²) in [5, 5.41) is 0. The van der Waals surface area contributed by atoms with Crippen molar-refractivity contribution in [3.8, 4) is 11.5 Å². The smallest absolute Gasteiger partial charge is 0.161 e. The van der Waals surface area contributed by atoms with Crippen LogP contribution in [-0.2, 0) is 20.9 Å². The molecule has 36 heavy (non-hydrogen) atoms. The van der Waals surface area contributed by atoms with Gasteiger partial charge >= 0.3 is 0 Å². The minimum atomic E-state index is -0.369. The Kier molecular flexibility index (Phi) is 7.23. The Morgan fingerprint density at radius 1 is 0.833 bits per heavy atom. The van der Waals surface area contributed by atoms with Crippen molar-refractivity contribution in [3.05, 3.63) is 82.2 Å². The second-order valence-corrected chi connectivity index (χ2v) is 9.54. The Morgan fingerprint density at radius 2 is 1.50 bits per heavy atom. The van der Waals surface area contributed by atoms with Crippen LogP contribution in [-0.4, -0.2) is 43.8 Å². The van der Waals surface area contributed by atoms with E-state index in [4.69, 9.17) is 14.2 Å². The molecule has 0 saturated heterocycles. The largest absolute Gasteiger partial charge is 0.493 e. The van der Waals surface area contributed by atoms with Gasteiger partial charge in [-0.25, -0.2) is 0 Å². The van der Waals surface area contributed by atoms with E-state index in [1.165, 1.54) is 0 Å². The highest BCUT2D eigenvalue weighted by Crippen LogP contribution is 2.50. The number of Topliss-reactive ketones (excluding diaryl/α,β-unsaturated/α-hetero) is 2. The van der Waals surface area contributed by atoms with Crippen molar-refractivity contribution >= 4 is 11.6 Å². The zero-order chi connectivity index (χ0) is 25.1. The molecule has 0 unspecified atom stereocenters. The molecule has 2 aromatic rings. The van der Waals surface area contributed by atoms with Crippen LogP contribution < -0.4 is 9.47 Å². The zero-order valence-electron chi connectivity index (χ0n) is 21.0. The number of benzene rings is 2. The number of carbonyl (C=O) groups excluding carboxylic acids is 2.